The summed E-state index contributed by atoms with van der Waals surface area (Å²) in [5.74, 6) is 1.08. The van der Waals surface area contributed by atoms with E-state index >= 15 is 0 Å². The van der Waals surface area contributed by atoms with Crippen LogP contribution in [0.25, 0.3) is 0 Å². The minimum atomic E-state index is -3.59. The summed E-state index contributed by atoms with van der Waals surface area (Å²) in [7, 11) is -3.59. The molecule has 1 saturated carbocycles. The monoisotopic (exact) mass is 379 g/mol. The molecule has 2 heterocycles. The molecule has 1 aliphatic carbocycles. The van der Waals surface area contributed by atoms with E-state index in [9.17, 15) is 8.42 Å². The van der Waals surface area contributed by atoms with Gasteiger partial charge in [-0.05, 0) is 36.4 Å². The maximum absolute atomic E-state index is 12.8. The molecule has 0 unspecified atom stereocenters. The van der Waals surface area contributed by atoms with Crippen molar-refractivity contribution in [2.45, 2.75) is 36.0 Å². The van der Waals surface area contributed by atoms with E-state index in [4.69, 9.17) is 9.47 Å². The predicted molar refractivity (Wildman–Crippen MR) is 97.1 cm³/mol. The lowest BCUT2D eigenvalue weighted by molar-refractivity contribution is 0.171. The van der Waals surface area contributed by atoms with Gasteiger partial charge < -0.3 is 9.47 Å². The molecule has 0 amide bonds. The fourth-order valence-electron chi connectivity index (χ4n) is 3.65. The second-order valence-electron chi connectivity index (χ2n) is 6.59. The van der Waals surface area contributed by atoms with E-state index in [0.29, 0.717) is 31.3 Å². The summed E-state index contributed by atoms with van der Waals surface area (Å²) in [5.41, 5.74) is -0.0743. The Kier molecular flexibility index (Phi) is 4.47. The molecule has 2 aromatic rings. The number of benzene rings is 1. The normalized spacial score (nSPS) is 19.0. The second kappa shape index (κ2) is 6.63. The molecule has 25 heavy (non-hydrogen) atoms. The van der Waals surface area contributed by atoms with Crippen LogP contribution in [0, 0.1) is 0 Å². The van der Waals surface area contributed by atoms with Crippen molar-refractivity contribution in [1.29, 1.82) is 0 Å². The van der Waals surface area contributed by atoms with Crippen LogP contribution in [-0.4, -0.2) is 28.2 Å². The minimum Gasteiger partial charge on any atom is -0.486 e. The first-order chi connectivity index (χ1) is 12.1. The van der Waals surface area contributed by atoms with E-state index in [1.807, 2.05) is 6.07 Å². The second-order valence-corrected chi connectivity index (χ2v) is 9.31. The average Bonchev–Trinajstić information content (AvgIpc) is 3.32. The first-order valence-corrected chi connectivity index (χ1v) is 10.9. The fourth-order valence-corrected chi connectivity index (χ4v) is 5.78. The van der Waals surface area contributed by atoms with Crippen molar-refractivity contribution in [2.24, 2.45) is 0 Å². The van der Waals surface area contributed by atoms with Crippen LogP contribution < -0.4 is 14.2 Å². The van der Waals surface area contributed by atoms with Crippen LogP contribution in [0.4, 0.5) is 0 Å². The van der Waals surface area contributed by atoms with Gasteiger partial charge in [0.1, 0.15) is 13.2 Å². The molecule has 0 bridgehead atoms. The average molecular weight is 380 g/mol. The van der Waals surface area contributed by atoms with Gasteiger partial charge in [-0.25, -0.2) is 13.1 Å². The van der Waals surface area contributed by atoms with E-state index in [-0.39, 0.29) is 10.3 Å². The predicted octanol–water partition coefficient (Wildman–Crippen LogP) is 3.31. The highest BCUT2D eigenvalue weighted by atomic mass is 32.2. The SMILES string of the molecule is O=S(=O)(NCC1(c2cccs2)CCCC1)c1ccc2c(c1)OCCO2. The van der Waals surface area contributed by atoms with Gasteiger partial charge in [-0.15, -0.1) is 11.3 Å². The molecule has 0 atom stereocenters. The number of hydrogen-bond acceptors (Lipinski definition) is 5. The van der Waals surface area contributed by atoms with Gasteiger partial charge in [0.15, 0.2) is 11.5 Å². The zero-order valence-electron chi connectivity index (χ0n) is 13.9. The lowest BCUT2D eigenvalue weighted by Gasteiger charge is -2.28. The molecule has 0 spiro atoms. The van der Waals surface area contributed by atoms with Gasteiger partial charge >= 0.3 is 0 Å². The molecule has 2 aliphatic rings. The third-order valence-electron chi connectivity index (χ3n) is 5.03. The number of sulfonamides is 1. The Morgan fingerprint density at radius 3 is 2.56 bits per heavy atom. The summed E-state index contributed by atoms with van der Waals surface area (Å²) >= 11 is 1.71. The van der Waals surface area contributed by atoms with Crippen LogP contribution in [-0.2, 0) is 15.4 Å². The first-order valence-electron chi connectivity index (χ1n) is 8.52. The Labute approximate surface area is 152 Å². The maximum atomic E-state index is 12.8. The topological polar surface area (TPSA) is 64.6 Å². The first kappa shape index (κ1) is 16.9. The van der Waals surface area contributed by atoms with Crippen molar-refractivity contribution in [2.75, 3.05) is 19.8 Å². The summed E-state index contributed by atoms with van der Waals surface area (Å²) in [6.07, 6.45) is 4.33. The Hall–Kier alpha value is -1.57. The quantitative estimate of drug-likeness (QED) is 0.866. The van der Waals surface area contributed by atoms with E-state index in [2.05, 4.69) is 16.2 Å². The van der Waals surface area contributed by atoms with Crippen molar-refractivity contribution in [3.05, 3.63) is 40.6 Å². The van der Waals surface area contributed by atoms with Gasteiger partial charge in [-0.3, -0.25) is 0 Å². The Balaban J connectivity index is 1.55. The lowest BCUT2D eigenvalue weighted by atomic mass is 9.85. The number of rotatable bonds is 5. The van der Waals surface area contributed by atoms with Gasteiger partial charge in [-0.2, -0.15) is 0 Å². The van der Waals surface area contributed by atoms with Crippen molar-refractivity contribution in [1.82, 2.24) is 4.72 Å². The number of hydrogen-bond donors (Lipinski definition) is 1. The summed E-state index contributed by atoms with van der Waals surface area (Å²) in [6.45, 7) is 1.36. The molecule has 1 N–H and O–H groups in total. The van der Waals surface area contributed by atoms with E-state index in [1.54, 1.807) is 29.5 Å². The Morgan fingerprint density at radius 1 is 1.08 bits per heavy atom. The molecule has 1 aliphatic heterocycles. The third-order valence-corrected chi connectivity index (χ3v) is 7.54. The largest absolute Gasteiger partial charge is 0.486 e. The molecule has 1 aromatic carbocycles. The molecular weight excluding hydrogens is 358 g/mol. The number of fused-ring (bicyclic) bond motifs is 1. The maximum Gasteiger partial charge on any atom is 0.240 e. The van der Waals surface area contributed by atoms with Gasteiger partial charge in [0.05, 0.1) is 4.90 Å². The molecule has 1 fully saturated rings. The highest BCUT2D eigenvalue weighted by Gasteiger charge is 2.37. The number of thiophene rings is 1. The molecule has 0 radical (unpaired) electrons. The number of nitrogens with one attached hydrogen (secondary N) is 1. The van der Waals surface area contributed by atoms with E-state index < -0.39 is 10.0 Å². The molecular formula is C18H21NO4S2. The molecule has 4 rings (SSSR count). The van der Waals surface area contributed by atoms with Crippen LogP contribution in [0.2, 0.25) is 0 Å². The van der Waals surface area contributed by atoms with Gasteiger partial charge in [-0.1, -0.05) is 18.9 Å². The zero-order valence-corrected chi connectivity index (χ0v) is 15.5. The van der Waals surface area contributed by atoms with Gasteiger partial charge in [0.25, 0.3) is 0 Å². The molecule has 5 nitrogen and oxygen atoms in total. The lowest BCUT2D eigenvalue weighted by Crippen LogP contribution is -2.38. The zero-order chi connectivity index (χ0) is 17.3. The summed E-state index contributed by atoms with van der Waals surface area (Å²) in [6, 6.07) is 8.93. The molecule has 134 valence electrons. The van der Waals surface area contributed by atoms with Gasteiger partial charge in [0.2, 0.25) is 10.0 Å². The molecule has 7 heteroatoms. The van der Waals surface area contributed by atoms with Crippen molar-refractivity contribution in [3.8, 4) is 11.5 Å². The van der Waals surface area contributed by atoms with Crippen molar-refractivity contribution in [3.63, 3.8) is 0 Å². The van der Waals surface area contributed by atoms with Crippen molar-refractivity contribution < 1.29 is 17.9 Å². The smallest absolute Gasteiger partial charge is 0.240 e. The Morgan fingerprint density at radius 2 is 1.84 bits per heavy atom. The van der Waals surface area contributed by atoms with Crippen LogP contribution in [0.15, 0.2) is 40.6 Å². The van der Waals surface area contributed by atoms with Crippen LogP contribution >= 0.6 is 11.3 Å². The summed E-state index contributed by atoms with van der Waals surface area (Å²) in [4.78, 5) is 1.49. The van der Waals surface area contributed by atoms with E-state index in [0.717, 1.165) is 25.7 Å². The van der Waals surface area contributed by atoms with Crippen molar-refractivity contribution >= 4 is 21.4 Å². The Bertz CT molecular complexity index is 840. The highest BCUT2D eigenvalue weighted by Crippen LogP contribution is 2.43. The van der Waals surface area contributed by atoms with Crippen LogP contribution in [0.5, 0.6) is 11.5 Å². The third kappa shape index (κ3) is 3.28. The van der Waals surface area contributed by atoms with E-state index in [1.165, 1.54) is 4.88 Å². The van der Waals surface area contributed by atoms with Gasteiger partial charge in [0, 0.05) is 22.9 Å². The highest BCUT2D eigenvalue weighted by molar-refractivity contribution is 7.89. The summed E-state index contributed by atoms with van der Waals surface area (Å²) in [5, 5.41) is 2.06. The summed E-state index contributed by atoms with van der Waals surface area (Å²) < 4.78 is 39.4. The standard InChI is InChI=1S/C18H21NO4S2/c20-25(21,14-5-6-15-16(12-14)23-10-9-22-15)19-13-18(7-1-2-8-18)17-4-3-11-24-17/h3-6,11-12,19H,1-2,7-10,13H2. The van der Waals surface area contributed by atoms with Crippen LogP contribution in [0.1, 0.15) is 30.6 Å². The molecule has 0 saturated heterocycles. The van der Waals surface area contributed by atoms with Crippen LogP contribution in [0.3, 0.4) is 0 Å². The number of ether oxygens (including phenoxy) is 2. The minimum absolute atomic E-state index is 0.0743. The molecule has 1 aromatic heterocycles. The fraction of sp³-hybridized carbons (Fsp3) is 0.444.